The van der Waals surface area contributed by atoms with Gasteiger partial charge in [0.1, 0.15) is 0 Å². The van der Waals surface area contributed by atoms with Crippen molar-refractivity contribution >= 4 is 23.4 Å². The number of benzene rings is 1. The summed E-state index contributed by atoms with van der Waals surface area (Å²) in [5, 5.41) is 5.95. The standard InChI is InChI=1S/C14H20ClN3O2/c1-16-8-3-9-18(2)10-13(19)17-14(20)11-4-6-12(15)7-5-11/h4-7,16H,3,8-10H2,1-2H3,(H,17,19,20). The second kappa shape index (κ2) is 8.68. The summed E-state index contributed by atoms with van der Waals surface area (Å²) in [5.74, 6) is -0.716. The zero-order valence-corrected chi connectivity index (χ0v) is 12.5. The monoisotopic (exact) mass is 297 g/mol. The maximum absolute atomic E-state index is 11.8. The molecule has 2 N–H and O–H groups in total. The van der Waals surface area contributed by atoms with E-state index >= 15 is 0 Å². The fourth-order valence-corrected chi connectivity index (χ4v) is 1.82. The van der Waals surface area contributed by atoms with Gasteiger partial charge in [-0.05, 0) is 57.9 Å². The van der Waals surface area contributed by atoms with Gasteiger partial charge in [-0.1, -0.05) is 11.6 Å². The summed E-state index contributed by atoms with van der Waals surface area (Å²) in [6.45, 7) is 1.89. The number of nitrogens with one attached hydrogen (secondary N) is 2. The topological polar surface area (TPSA) is 61.4 Å². The van der Waals surface area contributed by atoms with Gasteiger partial charge in [-0.2, -0.15) is 0 Å². The third-order valence-corrected chi connectivity index (χ3v) is 2.99. The highest BCUT2D eigenvalue weighted by molar-refractivity contribution is 6.30. The van der Waals surface area contributed by atoms with Crippen LogP contribution in [0.1, 0.15) is 16.8 Å². The molecule has 0 unspecified atom stereocenters. The van der Waals surface area contributed by atoms with E-state index in [2.05, 4.69) is 10.6 Å². The van der Waals surface area contributed by atoms with E-state index in [0.29, 0.717) is 10.6 Å². The second-order valence-corrected chi connectivity index (χ2v) is 5.02. The minimum absolute atomic E-state index is 0.197. The average Bonchev–Trinajstić information content (AvgIpc) is 2.39. The molecule has 0 aromatic heterocycles. The van der Waals surface area contributed by atoms with Crippen molar-refractivity contribution in [3.05, 3.63) is 34.9 Å². The summed E-state index contributed by atoms with van der Waals surface area (Å²) in [5.41, 5.74) is 0.417. The van der Waals surface area contributed by atoms with Gasteiger partial charge >= 0.3 is 0 Å². The summed E-state index contributed by atoms with van der Waals surface area (Å²) in [6, 6.07) is 6.40. The lowest BCUT2D eigenvalue weighted by molar-refractivity contribution is -0.121. The van der Waals surface area contributed by atoms with Crippen molar-refractivity contribution in [1.29, 1.82) is 0 Å². The molecule has 0 fully saturated rings. The molecule has 0 aliphatic carbocycles. The number of hydrogen-bond donors (Lipinski definition) is 2. The van der Waals surface area contributed by atoms with Gasteiger partial charge in [0.2, 0.25) is 5.91 Å². The van der Waals surface area contributed by atoms with E-state index in [-0.39, 0.29) is 12.5 Å². The van der Waals surface area contributed by atoms with Crippen LogP contribution in [0.25, 0.3) is 0 Å². The molecule has 1 rings (SSSR count). The third kappa shape index (κ3) is 6.14. The Hall–Kier alpha value is -1.43. The molecule has 6 heteroatoms. The lowest BCUT2D eigenvalue weighted by Gasteiger charge is -2.15. The minimum Gasteiger partial charge on any atom is -0.320 e. The van der Waals surface area contributed by atoms with Crippen molar-refractivity contribution in [3.8, 4) is 0 Å². The van der Waals surface area contributed by atoms with E-state index < -0.39 is 5.91 Å². The van der Waals surface area contributed by atoms with Crippen molar-refractivity contribution in [1.82, 2.24) is 15.5 Å². The first-order valence-electron chi connectivity index (χ1n) is 6.46. The summed E-state index contributed by atoms with van der Waals surface area (Å²) in [6.07, 6.45) is 0.950. The Labute approximate surface area is 124 Å². The predicted octanol–water partition coefficient (Wildman–Crippen LogP) is 1.14. The normalized spacial score (nSPS) is 10.6. The van der Waals surface area contributed by atoms with E-state index in [0.717, 1.165) is 19.5 Å². The number of amides is 2. The molecular weight excluding hydrogens is 278 g/mol. The van der Waals surface area contributed by atoms with E-state index in [4.69, 9.17) is 11.6 Å². The molecule has 0 saturated carbocycles. The fraction of sp³-hybridized carbons (Fsp3) is 0.429. The highest BCUT2D eigenvalue weighted by Gasteiger charge is 2.11. The molecule has 0 atom stereocenters. The zero-order valence-electron chi connectivity index (χ0n) is 11.8. The molecule has 1 aromatic carbocycles. The van der Waals surface area contributed by atoms with E-state index in [1.807, 2.05) is 19.0 Å². The number of carbonyl (C=O) groups is 2. The minimum atomic E-state index is -0.407. The number of rotatable bonds is 7. The van der Waals surface area contributed by atoms with Crippen molar-refractivity contribution in [2.75, 3.05) is 33.7 Å². The number of hydrogen-bond acceptors (Lipinski definition) is 4. The molecule has 0 heterocycles. The highest BCUT2D eigenvalue weighted by atomic mass is 35.5. The lowest BCUT2D eigenvalue weighted by atomic mass is 10.2. The maximum Gasteiger partial charge on any atom is 0.257 e. The summed E-state index contributed by atoms with van der Waals surface area (Å²) in [4.78, 5) is 25.4. The molecule has 0 radical (unpaired) electrons. The summed E-state index contributed by atoms with van der Waals surface area (Å²) in [7, 11) is 3.74. The van der Waals surface area contributed by atoms with Crippen molar-refractivity contribution in [2.24, 2.45) is 0 Å². The van der Waals surface area contributed by atoms with Gasteiger partial charge in [0.15, 0.2) is 0 Å². The number of halogens is 1. The Kier molecular flexibility index (Phi) is 7.22. The number of likely N-dealkylation sites (N-methyl/N-ethyl adjacent to an activating group) is 1. The first-order chi connectivity index (χ1) is 9.52. The summed E-state index contributed by atoms with van der Waals surface area (Å²) < 4.78 is 0. The number of carbonyl (C=O) groups excluding carboxylic acids is 2. The van der Waals surface area contributed by atoms with Crippen LogP contribution in [0.4, 0.5) is 0 Å². The van der Waals surface area contributed by atoms with Gasteiger partial charge in [0.05, 0.1) is 6.54 Å². The smallest absolute Gasteiger partial charge is 0.257 e. The van der Waals surface area contributed by atoms with Gasteiger partial charge < -0.3 is 5.32 Å². The molecule has 0 aliphatic rings. The molecule has 0 bridgehead atoms. The molecule has 20 heavy (non-hydrogen) atoms. The average molecular weight is 298 g/mol. The van der Waals surface area contributed by atoms with Crippen LogP contribution in [0.3, 0.4) is 0 Å². The zero-order chi connectivity index (χ0) is 15.0. The largest absolute Gasteiger partial charge is 0.320 e. The van der Waals surface area contributed by atoms with Crippen LogP contribution >= 0.6 is 11.6 Å². The van der Waals surface area contributed by atoms with Crippen molar-refractivity contribution in [2.45, 2.75) is 6.42 Å². The number of imide groups is 1. The lowest BCUT2D eigenvalue weighted by Crippen LogP contribution is -2.39. The van der Waals surface area contributed by atoms with Crippen LogP contribution in [-0.4, -0.2) is 50.4 Å². The van der Waals surface area contributed by atoms with Crippen LogP contribution in [-0.2, 0) is 4.79 Å². The van der Waals surface area contributed by atoms with Crippen LogP contribution in [0.15, 0.2) is 24.3 Å². The molecule has 110 valence electrons. The molecule has 2 amide bonds. The van der Waals surface area contributed by atoms with Crippen LogP contribution in [0.2, 0.25) is 5.02 Å². The van der Waals surface area contributed by atoms with Crippen LogP contribution < -0.4 is 10.6 Å². The first-order valence-corrected chi connectivity index (χ1v) is 6.83. The van der Waals surface area contributed by atoms with Crippen molar-refractivity contribution in [3.63, 3.8) is 0 Å². The van der Waals surface area contributed by atoms with Crippen LogP contribution in [0, 0.1) is 0 Å². The van der Waals surface area contributed by atoms with E-state index in [1.54, 1.807) is 24.3 Å². The van der Waals surface area contributed by atoms with Gasteiger partial charge in [-0.3, -0.25) is 19.8 Å². The SMILES string of the molecule is CNCCCN(C)CC(=O)NC(=O)c1ccc(Cl)cc1. The summed E-state index contributed by atoms with van der Waals surface area (Å²) >= 11 is 5.74. The third-order valence-electron chi connectivity index (χ3n) is 2.74. The molecule has 0 saturated heterocycles. The molecule has 5 nitrogen and oxygen atoms in total. The molecule has 0 aliphatic heterocycles. The second-order valence-electron chi connectivity index (χ2n) is 4.58. The van der Waals surface area contributed by atoms with E-state index in [9.17, 15) is 9.59 Å². The highest BCUT2D eigenvalue weighted by Crippen LogP contribution is 2.09. The van der Waals surface area contributed by atoms with Gasteiger partial charge in [0, 0.05) is 10.6 Å². The van der Waals surface area contributed by atoms with Gasteiger partial charge in [0.25, 0.3) is 5.91 Å². The van der Waals surface area contributed by atoms with Crippen LogP contribution in [0.5, 0.6) is 0 Å². The Balaban J connectivity index is 2.38. The van der Waals surface area contributed by atoms with Gasteiger partial charge in [-0.15, -0.1) is 0 Å². The van der Waals surface area contributed by atoms with Crippen molar-refractivity contribution < 1.29 is 9.59 Å². The Morgan fingerprint density at radius 2 is 1.90 bits per heavy atom. The molecular formula is C14H20ClN3O2. The maximum atomic E-state index is 11.8. The molecule has 0 spiro atoms. The fourth-order valence-electron chi connectivity index (χ4n) is 1.69. The number of nitrogens with zero attached hydrogens (tertiary/aromatic N) is 1. The molecule has 1 aromatic rings. The predicted molar refractivity (Wildman–Crippen MR) is 80.0 cm³/mol. The Morgan fingerprint density at radius 3 is 2.50 bits per heavy atom. The van der Waals surface area contributed by atoms with Gasteiger partial charge in [-0.25, -0.2) is 0 Å². The quantitative estimate of drug-likeness (QED) is 0.741. The Bertz CT molecular complexity index is 448. The first kappa shape index (κ1) is 16.6. The Morgan fingerprint density at radius 1 is 1.25 bits per heavy atom. The van der Waals surface area contributed by atoms with E-state index in [1.165, 1.54) is 0 Å².